The molecule has 2 amide bonds. The van der Waals surface area contributed by atoms with E-state index in [1.807, 2.05) is 0 Å². The van der Waals surface area contributed by atoms with Gasteiger partial charge in [0.05, 0.1) is 0 Å². The molecule has 0 aromatic carbocycles. The number of amides is 2. The average Bonchev–Trinajstić information content (AvgIpc) is 2.37. The maximum atomic E-state index is 11.3. The number of hydrogen-bond acceptors (Lipinski definition) is 2. The lowest BCUT2D eigenvalue weighted by molar-refractivity contribution is -0.131. The number of alkyl halides is 1. The lowest BCUT2D eigenvalue weighted by Gasteiger charge is -2.11. The van der Waals surface area contributed by atoms with E-state index in [4.69, 9.17) is 0 Å². The van der Waals surface area contributed by atoms with Crippen LogP contribution in [-0.4, -0.2) is 41.7 Å². The van der Waals surface area contributed by atoms with Crippen LogP contribution < -0.4 is 5.32 Å². The van der Waals surface area contributed by atoms with Gasteiger partial charge in [0.2, 0.25) is 11.8 Å². The minimum atomic E-state index is -0.295. The van der Waals surface area contributed by atoms with E-state index in [9.17, 15) is 9.59 Å². The Kier molecular flexibility index (Phi) is 3.71. The molecule has 0 radical (unpaired) electrons. The Balaban J connectivity index is 2.38. The largest absolute Gasteiger partial charge is 0.344 e. The number of likely N-dealkylation sites (N-methyl/N-ethyl adjacent to an activating group) is 1. The normalized spacial score (nSPS) is 22.2. The van der Waals surface area contributed by atoms with Crippen molar-refractivity contribution in [1.29, 1.82) is 0 Å². The van der Waals surface area contributed by atoms with Crippen molar-refractivity contribution in [3.8, 4) is 0 Å². The van der Waals surface area contributed by atoms with Crippen LogP contribution in [0.2, 0.25) is 0 Å². The molecule has 1 aliphatic rings. The van der Waals surface area contributed by atoms with Gasteiger partial charge in [0.25, 0.3) is 0 Å². The van der Waals surface area contributed by atoms with Gasteiger partial charge in [-0.2, -0.15) is 0 Å². The molecule has 0 spiro atoms. The summed E-state index contributed by atoms with van der Waals surface area (Å²) in [6.45, 7) is 0.734. The summed E-state index contributed by atoms with van der Waals surface area (Å²) in [7, 11) is 1.75. The third-order valence-corrected chi connectivity index (χ3v) is 2.48. The molecule has 1 unspecified atom stereocenters. The molecule has 5 heteroatoms. The molecule has 0 aromatic heterocycles. The van der Waals surface area contributed by atoms with Crippen LogP contribution in [0.4, 0.5) is 0 Å². The molecule has 1 fully saturated rings. The minimum absolute atomic E-state index is 0.0166. The molecule has 74 valence electrons. The Hall–Kier alpha value is -0.580. The number of nitrogens with zero attached hydrogens (tertiary/aromatic N) is 1. The highest BCUT2D eigenvalue weighted by molar-refractivity contribution is 9.09. The zero-order valence-electron chi connectivity index (χ0n) is 7.55. The standard InChI is InChI=1S/C8H13BrN2O2/c1-11-5-3-6(8(11)13)10-7(12)2-4-9/h6H,2-5H2,1H3,(H,10,12). The highest BCUT2D eigenvalue weighted by atomic mass is 79.9. The summed E-state index contributed by atoms with van der Waals surface area (Å²) < 4.78 is 0. The molecule has 0 saturated carbocycles. The van der Waals surface area contributed by atoms with E-state index in [-0.39, 0.29) is 17.9 Å². The van der Waals surface area contributed by atoms with Crippen LogP contribution in [0.25, 0.3) is 0 Å². The van der Waals surface area contributed by atoms with Gasteiger partial charge in [-0.1, -0.05) is 15.9 Å². The molecule has 4 nitrogen and oxygen atoms in total. The van der Waals surface area contributed by atoms with Crippen molar-refractivity contribution >= 4 is 27.7 Å². The lowest BCUT2D eigenvalue weighted by Crippen LogP contribution is -2.40. The van der Waals surface area contributed by atoms with Gasteiger partial charge in [-0.25, -0.2) is 0 Å². The maximum Gasteiger partial charge on any atom is 0.244 e. The van der Waals surface area contributed by atoms with Crippen LogP contribution in [0.3, 0.4) is 0 Å². The van der Waals surface area contributed by atoms with Gasteiger partial charge in [-0.15, -0.1) is 0 Å². The monoisotopic (exact) mass is 248 g/mol. The van der Waals surface area contributed by atoms with Crippen molar-refractivity contribution in [2.24, 2.45) is 0 Å². The van der Waals surface area contributed by atoms with Gasteiger partial charge in [-0.05, 0) is 6.42 Å². The summed E-state index contributed by atoms with van der Waals surface area (Å²) in [4.78, 5) is 24.1. The van der Waals surface area contributed by atoms with Crippen LogP contribution >= 0.6 is 15.9 Å². The Labute approximate surface area is 85.8 Å². The first-order valence-electron chi connectivity index (χ1n) is 4.25. The first kappa shape index (κ1) is 10.5. The molecule has 1 heterocycles. The SMILES string of the molecule is CN1CCC(NC(=O)CCBr)C1=O. The quantitative estimate of drug-likeness (QED) is 0.722. The van der Waals surface area contributed by atoms with E-state index in [1.54, 1.807) is 11.9 Å². The van der Waals surface area contributed by atoms with Crippen molar-refractivity contribution in [2.75, 3.05) is 18.9 Å². The molecule has 13 heavy (non-hydrogen) atoms. The molecule has 0 aliphatic carbocycles. The molecule has 0 bridgehead atoms. The molecule has 1 rings (SSSR count). The van der Waals surface area contributed by atoms with Crippen LogP contribution in [0.1, 0.15) is 12.8 Å². The zero-order valence-corrected chi connectivity index (χ0v) is 9.13. The Morgan fingerprint density at radius 3 is 2.92 bits per heavy atom. The van der Waals surface area contributed by atoms with Gasteiger partial charge < -0.3 is 10.2 Å². The lowest BCUT2D eigenvalue weighted by atomic mass is 10.2. The van der Waals surface area contributed by atoms with Gasteiger partial charge in [0.1, 0.15) is 6.04 Å². The molecule has 1 atom stereocenters. The highest BCUT2D eigenvalue weighted by Crippen LogP contribution is 2.08. The topological polar surface area (TPSA) is 49.4 Å². The fourth-order valence-corrected chi connectivity index (χ4v) is 1.67. The number of likely N-dealkylation sites (tertiary alicyclic amines) is 1. The van der Waals surface area contributed by atoms with Gasteiger partial charge in [0.15, 0.2) is 0 Å². The first-order chi connectivity index (χ1) is 6.15. The van der Waals surface area contributed by atoms with E-state index >= 15 is 0 Å². The summed E-state index contributed by atoms with van der Waals surface area (Å²) >= 11 is 3.17. The van der Waals surface area contributed by atoms with Crippen LogP contribution in [0, 0.1) is 0 Å². The number of hydrogen-bond donors (Lipinski definition) is 1. The molecule has 0 aromatic rings. The average molecular weight is 249 g/mol. The molecular formula is C8H13BrN2O2. The second-order valence-electron chi connectivity index (χ2n) is 3.11. The first-order valence-corrected chi connectivity index (χ1v) is 5.37. The molecular weight excluding hydrogens is 236 g/mol. The number of halogens is 1. The third kappa shape index (κ3) is 2.69. The molecule has 1 saturated heterocycles. The van der Waals surface area contributed by atoms with Crippen molar-refractivity contribution in [3.63, 3.8) is 0 Å². The van der Waals surface area contributed by atoms with Gasteiger partial charge in [-0.3, -0.25) is 9.59 Å². The maximum absolute atomic E-state index is 11.3. The number of nitrogens with one attached hydrogen (secondary N) is 1. The molecule has 1 aliphatic heterocycles. The number of carbonyl (C=O) groups excluding carboxylic acids is 2. The second kappa shape index (κ2) is 4.60. The van der Waals surface area contributed by atoms with E-state index in [0.29, 0.717) is 11.8 Å². The summed E-state index contributed by atoms with van der Waals surface area (Å²) in [6.07, 6.45) is 1.15. The Bertz CT molecular complexity index is 220. The predicted molar refractivity (Wildman–Crippen MR) is 52.6 cm³/mol. The van der Waals surface area contributed by atoms with Crippen molar-refractivity contribution in [1.82, 2.24) is 10.2 Å². The van der Waals surface area contributed by atoms with Gasteiger partial charge in [0, 0.05) is 25.3 Å². The number of rotatable bonds is 3. The summed E-state index contributed by atoms with van der Waals surface area (Å²) in [6, 6.07) is -0.295. The van der Waals surface area contributed by atoms with Gasteiger partial charge >= 0.3 is 0 Å². The van der Waals surface area contributed by atoms with E-state index in [0.717, 1.165) is 13.0 Å². The smallest absolute Gasteiger partial charge is 0.244 e. The summed E-state index contributed by atoms with van der Waals surface area (Å²) in [5, 5.41) is 3.33. The van der Waals surface area contributed by atoms with E-state index in [1.165, 1.54) is 0 Å². The third-order valence-electron chi connectivity index (χ3n) is 2.08. The Morgan fingerprint density at radius 2 is 2.46 bits per heavy atom. The molecule has 1 N–H and O–H groups in total. The number of carbonyl (C=O) groups is 2. The Morgan fingerprint density at radius 1 is 1.77 bits per heavy atom. The van der Waals surface area contributed by atoms with Crippen molar-refractivity contribution in [2.45, 2.75) is 18.9 Å². The summed E-state index contributed by atoms with van der Waals surface area (Å²) in [5.41, 5.74) is 0. The van der Waals surface area contributed by atoms with Crippen molar-refractivity contribution in [3.05, 3.63) is 0 Å². The fourth-order valence-electron chi connectivity index (χ4n) is 1.31. The van der Waals surface area contributed by atoms with Crippen LogP contribution in [0.5, 0.6) is 0 Å². The van der Waals surface area contributed by atoms with Crippen molar-refractivity contribution < 1.29 is 9.59 Å². The van der Waals surface area contributed by atoms with E-state index < -0.39 is 0 Å². The van der Waals surface area contributed by atoms with Crippen LogP contribution in [-0.2, 0) is 9.59 Å². The fraction of sp³-hybridized carbons (Fsp3) is 0.750. The highest BCUT2D eigenvalue weighted by Gasteiger charge is 2.29. The second-order valence-corrected chi connectivity index (χ2v) is 3.90. The summed E-state index contributed by atoms with van der Waals surface area (Å²) in [5.74, 6) is -0.0477. The minimum Gasteiger partial charge on any atom is -0.344 e. The predicted octanol–water partition coefficient (Wildman–Crippen LogP) is 0.118. The van der Waals surface area contributed by atoms with Crippen LogP contribution in [0.15, 0.2) is 0 Å². The van der Waals surface area contributed by atoms with E-state index in [2.05, 4.69) is 21.2 Å². The zero-order chi connectivity index (χ0) is 9.84.